The van der Waals surface area contributed by atoms with Crippen molar-refractivity contribution in [2.24, 2.45) is 29.4 Å². The van der Waals surface area contributed by atoms with Crippen molar-refractivity contribution in [3.63, 3.8) is 0 Å². The Labute approximate surface area is 80.2 Å². The predicted molar refractivity (Wildman–Crippen MR) is 43.7 cm³/mol. The Balaban J connectivity index is 2.04. The Kier molecular flexibility index (Phi) is 1.34. The molecule has 0 aromatic heterocycles. The van der Waals surface area contributed by atoms with Crippen LogP contribution in [0.25, 0.3) is 0 Å². The zero-order valence-corrected chi connectivity index (χ0v) is 7.42. The van der Waals surface area contributed by atoms with E-state index in [4.69, 9.17) is 10.5 Å². The van der Waals surface area contributed by atoms with Gasteiger partial charge in [-0.2, -0.15) is 0 Å². The van der Waals surface area contributed by atoms with Crippen LogP contribution in [0.2, 0.25) is 0 Å². The molecule has 0 unspecified atom stereocenters. The third-order valence-corrected chi connectivity index (χ3v) is 3.90. The molecule has 3 aliphatic rings. The molecule has 3 fully saturated rings. The highest BCUT2D eigenvalue weighted by molar-refractivity contribution is 5.87. The van der Waals surface area contributed by atoms with E-state index in [0.29, 0.717) is 6.42 Å². The Morgan fingerprint density at radius 3 is 2.86 bits per heavy atom. The molecule has 0 radical (unpaired) electrons. The van der Waals surface area contributed by atoms with Gasteiger partial charge in [-0.15, -0.1) is 0 Å². The van der Waals surface area contributed by atoms with Gasteiger partial charge in [0.15, 0.2) is 0 Å². The summed E-state index contributed by atoms with van der Waals surface area (Å²) in [6.45, 7) is 0. The van der Waals surface area contributed by atoms with Crippen LogP contribution in [0.3, 0.4) is 0 Å². The van der Waals surface area contributed by atoms with Gasteiger partial charge in [0, 0.05) is 11.8 Å². The van der Waals surface area contributed by atoms with E-state index < -0.39 is 17.9 Å². The van der Waals surface area contributed by atoms with Gasteiger partial charge in [0.1, 0.15) is 6.10 Å². The smallest absolute Gasteiger partial charge is 0.310 e. The summed E-state index contributed by atoms with van der Waals surface area (Å²) in [6.07, 6.45) is -0.385. The molecule has 2 aliphatic carbocycles. The number of hydrogen-bond acceptors (Lipinski definition) is 4. The number of fused-ring (bicyclic) bond motifs is 1. The highest BCUT2D eigenvalue weighted by Gasteiger charge is 2.67. The van der Waals surface area contributed by atoms with Crippen molar-refractivity contribution < 1.29 is 19.4 Å². The average molecular weight is 197 g/mol. The van der Waals surface area contributed by atoms with Crippen LogP contribution in [0, 0.1) is 23.7 Å². The highest BCUT2D eigenvalue weighted by Crippen LogP contribution is 2.57. The van der Waals surface area contributed by atoms with Crippen LogP contribution in [0.15, 0.2) is 0 Å². The molecule has 5 heteroatoms. The summed E-state index contributed by atoms with van der Waals surface area (Å²) in [7, 11) is 0. The number of carbonyl (C=O) groups excluding carboxylic acids is 2. The molecule has 14 heavy (non-hydrogen) atoms. The van der Waals surface area contributed by atoms with Crippen molar-refractivity contribution in [2.45, 2.75) is 18.6 Å². The zero-order valence-electron chi connectivity index (χ0n) is 7.42. The van der Waals surface area contributed by atoms with Crippen molar-refractivity contribution in [1.29, 1.82) is 0 Å². The Morgan fingerprint density at radius 1 is 1.50 bits per heavy atom. The molecule has 0 aromatic carbocycles. The predicted octanol–water partition coefficient (Wildman–Crippen LogP) is -1.36. The first-order valence-corrected chi connectivity index (χ1v) is 4.79. The van der Waals surface area contributed by atoms with Gasteiger partial charge in [-0.25, -0.2) is 0 Å². The standard InChI is InChI=1S/C9H11NO4/c10-8(12)4-2-1-3-5(4)9(13)14-7(3)6(2)11/h2-7,11H,1H2,(H2,10,12)/t2-,3+,4-,5+,6-,7-/m0/s1. The third-order valence-electron chi connectivity index (χ3n) is 3.90. The number of nitrogens with two attached hydrogens (primary N) is 1. The first-order valence-electron chi connectivity index (χ1n) is 4.79. The molecule has 76 valence electrons. The number of carbonyl (C=O) groups is 2. The van der Waals surface area contributed by atoms with E-state index in [0.717, 1.165) is 0 Å². The second kappa shape index (κ2) is 2.28. The molecule has 5 nitrogen and oxygen atoms in total. The second-order valence-corrected chi connectivity index (χ2v) is 4.41. The maximum absolute atomic E-state index is 11.4. The van der Waals surface area contributed by atoms with Crippen LogP contribution in [0.4, 0.5) is 0 Å². The van der Waals surface area contributed by atoms with Crippen molar-refractivity contribution >= 4 is 11.9 Å². The van der Waals surface area contributed by atoms with Gasteiger partial charge in [0.05, 0.1) is 17.9 Å². The molecule has 6 atom stereocenters. The molecule has 1 saturated heterocycles. The van der Waals surface area contributed by atoms with Gasteiger partial charge < -0.3 is 15.6 Å². The highest BCUT2D eigenvalue weighted by atomic mass is 16.6. The van der Waals surface area contributed by atoms with Crippen LogP contribution in [0.1, 0.15) is 6.42 Å². The monoisotopic (exact) mass is 197 g/mol. The van der Waals surface area contributed by atoms with Gasteiger partial charge in [-0.1, -0.05) is 0 Å². The lowest BCUT2D eigenvalue weighted by Gasteiger charge is -2.25. The van der Waals surface area contributed by atoms with E-state index in [9.17, 15) is 14.7 Å². The van der Waals surface area contributed by atoms with Gasteiger partial charge in [0.2, 0.25) is 5.91 Å². The summed E-state index contributed by atoms with van der Waals surface area (Å²) in [6, 6.07) is 0. The molecule has 3 rings (SSSR count). The van der Waals surface area contributed by atoms with Gasteiger partial charge in [-0.05, 0) is 6.42 Å². The van der Waals surface area contributed by atoms with Crippen LogP contribution in [0.5, 0.6) is 0 Å². The van der Waals surface area contributed by atoms with Crippen molar-refractivity contribution in [3.05, 3.63) is 0 Å². The Morgan fingerprint density at radius 2 is 2.21 bits per heavy atom. The van der Waals surface area contributed by atoms with E-state index in [1.54, 1.807) is 0 Å². The number of primary amides is 1. The van der Waals surface area contributed by atoms with E-state index in [1.807, 2.05) is 0 Å². The van der Waals surface area contributed by atoms with Crippen molar-refractivity contribution in [1.82, 2.24) is 0 Å². The van der Waals surface area contributed by atoms with E-state index >= 15 is 0 Å². The summed E-state index contributed by atoms with van der Waals surface area (Å²) in [5.74, 6) is -1.90. The van der Waals surface area contributed by atoms with Gasteiger partial charge in [0.25, 0.3) is 0 Å². The molecule has 2 saturated carbocycles. The molecule has 1 amide bonds. The lowest BCUT2D eigenvalue weighted by molar-refractivity contribution is -0.146. The summed E-state index contributed by atoms with van der Waals surface area (Å²) in [5, 5.41) is 9.76. The topological polar surface area (TPSA) is 89.6 Å². The lowest BCUT2D eigenvalue weighted by atomic mass is 9.78. The van der Waals surface area contributed by atoms with E-state index in [1.165, 1.54) is 0 Å². The summed E-state index contributed by atoms with van der Waals surface area (Å²) < 4.78 is 5.04. The molecule has 1 heterocycles. The van der Waals surface area contributed by atoms with Crippen molar-refractivity contribution in [2.75, 3.05) is 0 Å². The molecule has 1 aliphatic heterocycles. The van der Waals surface area contributed by atoms with Crippen LogP contribution >= 0.6 is 0 Å². The minimum Gasteiger partial charge on any atom is -0.459 e. The van der Waals surface area contributed by atoms with Gasteiger partial charge >= 0.3 is 5.97 Å². The fourth-order valence-electron chi connectivity index (χ4n) is 3.41. The van der Waals surface area contributed by atoms with E-state index in [-0.39, 0.29) is 29.8 Å². The van der Waals surface area contributed by atoms with Crippen LogP contribution in [-0.2, 0) is 14.3 Å². The number of aliphatic hydroxyl groups excluding tert-OH is 1. The number of aliphatic hydroxyl groups is 1. The Bertz CT molecular complexity index is 329. The second-order valence-electron chi connectivity index (χ2n) is 4.41. The fourth-order valence-corrected chi connectivity index (χ4v) is 3.41. The molecular weight excluding hydrogens is 186 g/mol. The minimum atomic E-state index is -0.694. The first-order chi connectivity index (χ1) is 6.61. The fraction of sp³-hybridized carbons (Fsp3) is 0.778. The number of esters is 1. The SMILES string of the molecule is NC(=O)[C@H]1[C@@H]2C[C@H]3[C@H](OC(=O)[C@H]31)[C@H]2O. The van der Waals surface area contributed by atoms with Gasteiger partial charge in [-0.3, -0.25) is 9.59 Å². The quantitative estimate of drug-likeness (QED) is 0.508. The van der Waals surface area contributed by atoms with Crippen LogP contribution < -0.4 is 5.73 Å². The average Bonchev–Trinajstić information content (AvgIpc) is 2.67. The number of ether oxygens (including phenoxy) is 1. The summed E-state index contributed by atoms with van der Waals surface area (Å²) in [4.78, 5) is 22.6. The molecule has 3 N–H and O–H groups in total. The number of hydrogen-bond donors (Lipinski definition) is 2. The zero-order chi connectivity index (χ0) is 10.0. The summed E-state index contributed by atoms with van der Waals surface area (Å²) in [5.41, 5.74) is 5.24. The van der Waals surface area contributed by atoms with E-state index in [2.05, 4.69) is 0 Å². The maximum atomic E-state index is 11.4. The molecular formula is C9H11NO4. The maximum Gasteiger partial charge on any atom is 0.310 e. The Hall–Kier alpha value is -1.10. The normalized spacial score (nSPS) is 53.6. The largest absolute Gasteiger partial charge is 0.459 e. The number of rotatable bonds is 1. The molecule has 2 bridgehead atoms. The minimum absolute atomic E-state index is 0.0139. The van der Waals surface area contributed by atoms with Crippen molar-refractivity contribution in [3.8, 4) is 0 Å². The lowest BCUT2D eigenvalue weighted by Crippen LogP contribution is -2.43. The number of amides is 1. The van der Waals surface area contributed by atoms with Crippen LogP contribution in [-0.4, -0.2) is 29.2 Å². The molecule has 0 aromatic rings. The summed E-state index contributed by atoms with van der Waals surface area (Å²) >= 11 is 0. The third kappa shape index (κ3) is 0.706. The first kappa shape index (κ1) is 8.23. The molecule has 0 spiro atoms.